The summed E-state index contributed by atoms with van der Waals surface area (Å²) >= 11 is 0. The van der Waals surface area contributed by atoms with Crippen molar-refractivity contribution in [3.8, 4) is 0 Å². The molecule has 1 heterocycles. The Hall–Kier alpha value is -2.91. The van der Waals surface area contributed by atoms with E-state index in [-0.39, 0.29) is 14.3 Å². The van der Waals surface area contributed by atoms with Gasteiger partial charge in [0.25, 0.3) is 0 Å². The van der Waals surface area contributed by atoms with Gasteiger partial charge in [0.05, 0.1) is 12.3 Å². The molecule has 0 fully saturated rings. The van der Waals surface area contributed by atoms with Crippen molar-refractivity contribution in [2.75, 3.05) is 0 Å². The van der Waals surface area contributed by atoms with Gasteiger partial charge in [-0.25, -0.2) is 0 Å². The number of rotatable bonds is 5. The van der Waals surface area contributed by atoms with Gasteiger partial charge < -0.3 is 4.65 Å². The highest BCUT2D eigenvalue weighted by Gasteiger charge is 2.23. The van der Waals surface area contributed by atoms with E-state index >= 15 is 0 Å². The second-order valence-electron chi connectivity index (χ2n) is 6.49. The highest BCUT2D eigenvalue weighted by atomic mass is 16.4. The third kappa shape index (κ3) is 4.26. The fraction of sp³-hybridized carbons (Fsp3) is 0.125. The van der Waals surface area contributed by atoms with Crippen LogP contribution in [0, 0.1) is 6.92 Å². The van der Waals surface area contributed by atoms with Crippen LogP contribution >= 0.6 is 0 Å². The smallest absolute Gasteiger partial charge is 0.362 e. The first-order chi connectivity index (χ1) is 12.8. The van der Waals surface area contributed by atoms with Crippen LogP contribution in [-0.2, 0) is 11.3 Å². The Balaban J connectivity index is 0.00000210. The fourth-order valence-electron chi connectivity index (χ4n) is 3.24. The van der Waals surface area contributed by atoms with E-state index in [1.165, 1.54) is 21.8 Å². The lowest BCUT2D eigenvalue weighted by molar-refractivity contribution is 0.316. The van der Waals surface area contributed by atoms with Gasteiger partial charge in [0, 0.05) is 6.20 Å². The molecule has 0 amide bonds. The predicted molar refractivity (Wildman–Crippen MR) is 116 cm³/mol. The molecule has 3 aromatic carbocycles. The molecule has 0 saturated carbocycles. The Morgan fingerprint density at radius 3 is 2.33 bits per heavy atom. The van der Waals surface area contributed by atoms with Gasteiger partial charge in [0.1, 0.15) is 0 Å². The van der Waals surface area contributed by atoms with E-state index in [0.717, 1.165) is 11.2 Å². The van der Waals surface area contributed by atoms with Crippen LogP contribution in [0.4, 0.5) is 0 Å². The topological polar surface area (TPSA) is 22.1 Å². The number of aryl methyl sites for hydroxylation is 1. The van der Waals surface area contributed by atoms with Crippen molar-refractivity contribution in [1.82, 2.24) is 4.98 Å². The molecule has 0 atom stereocenters. The molecule has 0 saturated heterocycles. The fourth-order valence-corrected chi connectivity index (χ4v) is 3.24. The maximum absolute atomic E-state index is 6.39. The first-order valence-corrected chi connectivity index (χ1v) is 8.87. The molecule has 0 aliphatic heterocycles. The van der Waals surface area contributed by atoms with Gasteiger partial charge in [-0.1, -0.05) is 85.8 Å². The summed E-state index contributed by atoms with van der Waals surface area (Å²) in [6.45, 7) is 2.44. The molecule has 0 aliphatic carbocycles. The molecule has 134 valence electrons. The van der Waals surface area contributed by atoms with Crippen LogP contribution in [0.25, 0.3) is 10.8 Å². The predicted octanol–water partition coefficient (Wildman–Crippen LogP) is 4.50. The van der Waals surface area contributed by atoms with Crippen molar-refractivity contribution in [1.29, 1.82) is 0 Å². The van der Waals surface area contributed by atoms with Crippen molar-refractivity contribution >= 4 is 28.6 Å². The number of benzene rings is 3. The monoisotopic (exact) mass is 353 g/mol. The molecule has 4 aromatic rings. The highest BCUT2D eigenvalue weighted by molar-refractivity contribution is 6.81. The molecule has 0 unspecified atom stereocenters. The van der Waals surface area contributed by atoms with Crippen molar-refractivity contribution in [3.63, 3.8) is 0 Å². The van der Waals surface area contributed by atoms with Crippen molar-refractivity contribution in [2.45, 2.75) is 21.0 Å². The standard InChI is InChI=1S/C23H20BNO.CH4/c1-18-12-14-20(15-13-18)24(26-17-21-9-4-5-16-25-21)23-11-6-8-19-7-2-3-10-22(19)23;/h2-16H,17H2,1H3;1H4. The third-order valence-electron chi connectivity index (χ3n) is 4.61. The van der Waals surface area contributed by atoms with Crippen LogP contribution in [0.5, 0.6) is 0 Å². The van der Waals surface area contributed by atoms with Crippen LogP contribution in [-0.4, -0.2) is 11.9 Å². The first kappa shape index (κ1) is 18.9. The zero-order chi connectivity index (χ0) is 17.8. The van der Waals surface area contributed by atoms with E-state index in [9.17, 15) is 0 Å². The van der Waals surface area contributed by atoms with Gasteiger partial charge in [0.2, 0.25) is 0 Å². The van der Waals surface area contributed by atoms with Gasteiger partial charge in [-0.2, -0.15) is 0 Å². The lowest BCUT2D eigenvalue weighted by atomic mass is 9.54. The molecule has 0 radical (unpaired) electrons. The number of hydrogen-bond acceptors (Lipinski definition) is 2. The lowest BCUT2D eigenvalue weighted by Gasteiger charge is -2.17. The Bertz CT molecular complexity index is 994. The number of fused-ring (bicyclic) bond motifs is 1. The maximum Gasteiger partial charge on any atom is 0.362 e. The van der Waals surface area contributed by atoms with Crippen LogP contribution < -0.4 is 10.9 Å². The van der Waals surface area contributed by atoms with Gasteiger partial charge in [0.15, 0.2) is 0 Å². The minimum atomic E-state index is -0.135. The second-order valence-corrected chi connectivity index (χ2v) is 6.49. The largest absolute Gasteiger partial charge is 0.421 e. The van der Waals surface area contributed by atoms with Crippen LogP contribution in [0.3, 0.4) is 0 Å². The molecule has 1 aromatic heterocycles. The minimum Gasteiger partial charge on any atom is -0.421 e. The Kier molecular flexibility index (Phi) is 6.05. The van der Waals surface area contributed by atoms with Crippen molar-refractivity contribution in [2.24, 2.45) is 0 Å². The summed E-state index contributed by atoms with van der Waals surface area (Å²) in [5, 5.41) is 2.45. The summed E-state index contributed by atoms with van der Waals surface area (Å²) in [6.07, 6.45) is 1.80. The van der Waals surface area contributed by atoms with E-state index in [4.69, 9.17) is 4.65 Å². The molecule has 3 heteroatoms. The summed E-state index contributed by atoms with van der Waals surface area (Å²) in [6, 6.07) is 29.3. The van der Waals surface area contributed by atoms with Crippen molar-refractivity contribution < 1.29 is 4.65 Å². The minimum absolute atomic E-state index is 0. The zero-order valence-electron chi connectivity index (χ0n) is 14.8. The average molecular weight is 353 g/mol. The quantitative estimate of drug-likeness (QED) is 0.493. The van der Waals surface area contributed by atoms with Gasteiger partial charge in [-0.3, -0.25) is 4.98 Å². The highest BCUT2D eigenvalue weighted by Crippen LogP contribution is 2.13. The summed E-state index contributed by atoms with van der Waals surface area (Å²) < 4.78 is 6.39. The van der Waals surface area contributed by atoms with Crippen molar-refractivity contribution in [3.05, 3.63) is 102 Å². The summed E-state index contributed by atoms with van der Waals surface area (Å²) in [7, 11) is 0. The average Bonchev–Trinajstić information content (AvgIpc) is 2.70. The first-order valence-electron chi connectivity index (χ1n) is 8.87. The molecule has 27 heavy (non-hydrogen) atoms. The van der Waals surface area contributed by atoms with Gasteiger partial charge in [-0.05, 0) is 40.8 Å². The van der Waals surface area contributed by atoms with E-state index in [1.54, 1.807) is 6.20 Å². The molecule has 0 spiro atoms. The van der Waals surface area contributed by atoms with E-state index in [0.29, 0.717) is 6.61 Å². The zero-order valence-corrected chi connectivity index (χ0v) is 14.8. The Morgan fingerprint density at radius 2 is 1.56 bits per heavy atom. The molecular formula is C24H24BNO. The summed E-state index contributed by atoms with van der Waals surface area (Å²) in [5.41, 5.74) is 4.52. The van der Waals surface area contributed by atoms with E-state index in [2.05, 4.69) is 78.6 Å². The molecule has 0 bridgehead atoms. The number of pyridine rings is 1. The second kappa shape index (κ2) is 8.65. The maximum atomic E-state index is 6.39. The lowest BCUT2D eigenvalue weighted by Crippen LogP contribution is -2.45. The van der Waals surface area contributed by atoms with E-state index < -0.39 is 0 Å². The van der Waals surface area contributed by atoms with Crippen LogP contribution in [0.1, 0.15) is 18.7 Å². The van der Waals surface area contributed by atoms with Gasteiger partial charge >= 0.3 is 6.92 Å². The summed E-state index contributed by atoms with van der Waals surface area (Å²) in [4.78, 5) is 4.39. The third-order valence-corrected chi connectivity index (χ3v) is 4.61. The van der Waals surface area contributed by atoms with Crippen LogP contribution in [0.2, 0.25) is 0 Å². The number of aromatic nitrogens is 1. The van der Waals surface area contributed by atoms with E-state index in [1.807, 2.05) is 18.2 Å². The molecule has 2 nitrogen and oxygen atoms in total. The summed E-state index contributed by atoms with van der Waals surface area (Å²) in [5.74, 6) is 0. The molecule has 4 rings (SSSR count). The molecule has 0 aliphatic rings. The number of hydrogen-bond donors (Lipinski definition) is 0. The Labute approximate surface area is 162 Å². The normalized spacial score (nSPS) is 10.4. The SMILES string of the molecule is C.Cc1ccc(B(OCc2ccccn2)c2cccc3ccccc23)cc1. The number of nitrogens with zero attached hydrogens (tertiary/aromatic N) is 1. The Morgan fingerprint density at radius 1 is 0.815 bits per heavy atom. The molecular weight excluding hydrogens is 329 g/mol. The molecule has 0 N–H and O–H groups in total. The van der Waals surface area contributed by atoms with Gasteiger partial charge in [-0.15, -0.1) is 0 Å². The van der Waals surface area contributed by atoms with Crippen LogP contribution in [0.15, 0.2) is 91.1 Å².